The van der Waals surface area contributed by atoms with Crippen molar-refractivity contribution < 1.29 is 9.59 Å². The highest BCUT2D eigenvalue weighted by Crippen LogP contribution is 2.55. The number of carbonyl (C=O) groups excluding carboxylic acids is 2. The van der Waals surface area contributed by atoms with Gasteiger partial charge in [-0.05, 0) is 56.3 Å². The van der Waals surface area contributed by atoms with Crippen LogP contribution in [-0.2, 0) is 9.59 Å². The molecular weight excluding hydrogens is 372 g/mol. The number of hydrogen-bond donors (Lipinski definition) is 2. The number of carbonyl (C=O) groups is 2. The van der Waals surface area contributed by atoms with Gasteiger partial charge < -0.3 is 10.6 Å². The number of rotatable bonds is 4. The van der Waals surface area contributed by atoms with Crippen LogP contribution in [0.5, 0.6) is 0 Å². The molecule has 0 aromatic heterocycles. The molecule has 28 heavy (non-hydrogen) atoms. The molecule has 0 aromatic carbocycles. The lowest BCUT2D eigenvalue weighted by Crippen LogP contribution is -2.60. The van der Waals surface area contributed by atoms with Gasteiger partial charge in [0.25, 0.3) is 0 Å². The Kier molecular flexibility index (Phi) is 4.70. The third-order valence-electron chi connectivity index (χ3n) is 7.12. The molecule has 4 fully saturated rings. The molecule has 7 heteroatoms. The predicted octanol–water partition coefficient (Wildman–Crippen LogP) is 2.84. The highest BCUT2D eigenvalue weighted by atomic mass is 32.2. The van der Waals surface area contributed by atoms with Gasteiger partial charge in [0.1, 0.15) is 5.92 Å². The molecule has 2 amide bonds. The Hall–Kier alpha value is -1.99. The molecule has 2 N–H and O–H groups in total. The van der Waals surface area contributed by atoms with Crippen molar-refractivity contribution in [3.05, 3.63) is 10.6 Å². The number of thioether (sulfide) groups is 1. The lowest BCUT2D eigenvalue weighted by molar-refractivity contribution is -0.126. The maximum atomic E-state index is 12.7. The van der Waals surface area contributed by atoms with Crippen LogP contribution >= 0.6 is 11.8 Å². The van der Waals surface area contributed by atoms with E-state index in [2.05, 4.69) is 16.7 Å². The van der Waals surface area contributed by atoms with Crippen molar-refractivity contribution in [1.29, 1.82) is 10.5 Å². The molecule has 4 saturated carbocycles. The van der Waals surface area contributed by atoms with E-state index in [-0.39, 0.29) is 17.2 Å². The molecule has 1 aliphatic heterocycles. The molecule has 1 atom stereocenters. The van der Waals surface area contributed by atoms with E-state index in [1.54, 1.807) is 13.8 Å². The average Bonchev–Trinajstić information content (AvgIpc) is 2.57. The van der Waals surface area contributed by atoms with Gasteiger partial charge in [-0.3, -0.25) is 9.59 Å². The SMILES string of the molecule is CC1(C)C(C#N)=C(SCC(=O)NC23CC4CC(CC(C4)C2)C3)NC(=O)[C@@H]1C#N. The fraction of sp³-hybridized carbons (Fsp3) is 0.714. The second-order valence-electron chi connectivity index (χ2n) is 9.62. The van der Waals surface area contributed by atoms with Crippen molar-refractivity contribution in [3.8, 4) is 12.1 Å². The van der Waals surface area contributed by atoms with Crippen LogP contribution in [0.4, 0.5) is 0 Å². The zero-order valence-corrected chi connectivity index (χ0v) is 17.2. The molecule has 0 saturated heterocycles. The number of nitrogens with zero attached hydrogens (tertiary/aromatic N) is 2. The van der Waals surface area contributed by atoms with E-state index in [0.29, 0.717) is 10.6 Å². The molecule has 1 heterocycles. The quantitative estimate of drug-likeness (QED) is 0.757. The average molecular weight is 399 g/mol. The Labute approximate surface area is 170 Å². The van der Waals surface area contributed by atoms with Gasteiger partial charge in [0.15, 0.2) is 0 Å². The van der Waals surface area contributed by atoms with Gasteiger partial charge in [0, 0.05) is 11.0 Å². The third kappa shape index (κ3) is 3.20. The summed E-state index contributed by atoms with van der Waals surface area (Å²) in [4.78, 5) is 25.0. The summed E-state index contributed by atoms with van der Waals surface area (Å²) < 4.78 is 0. The van der Waals surface area contributed by atoms with Crippen molar-refractivity contribution in [3.63, 3.8) is 0 Å². The fourth-order valence-electron chi connectivity index (χ4n) is 6.27. The summed E-state index contributed by atoms with van der Waals surface area (Å²) >= 11 is 1.19. The minimum atomic E-state index is -0.910. The first-order valence-electron chi connectivity index (χ1n) is 10.1. The van der Waals surface area contributed by atoms with E-state index in [0.717, 1.165) is 37.0 Å². The summed E-state index contributed by atoms with van der Waals surface area (Å²) in [6.45, 7) is 3.46. The van der Waals surface area contributed by atoms with Crippen molar-refractivity contribution in [2.45, 2.75) is 57.9 Å². The van der Waals surface area contributed by atoms with Crippen LogP contribution in [0.2, 0.25) is 0 Å². The van der Waals surface area contributed by atoms with E-state index >= 15 is 0 Å². The Bertz CT molecular complexity index is 797. The molecule has 5 rings (SSSR count). The summed E-state index contributed by atoms with van der Waals surface area (Å²) in [6.07, 6.45) is 7.25. The minimum Gasteiger partial charge on any atom is -0.350 e. The summed E-state index contributed by atoms with van der Waals surface area (Å²) in [5.41, 5.74) is -0.545. The molecule has 5 aliphatic rings. The molecule has 4 bridgehead atoms. The number of nitriles is 2. The van der Waals surface area contributed by atoms with Gasteiger partial charge in [-0.25, -0.2) is 0 Å². The molecule has 0 radical (unpaired) electrons. The van der Waals surface area contributed by atoms with Gasteiger partial charge in [-0.1, -0.05) is 25.6 Å². The first-order valence-corrected chi connectivity index (χ1v) is 11.0. The smallest absolute Gasteiger partial charge is 0.243 e. The van der Waals surface area contributed by atoms with Gasteiger partial charge >= 0.3 is 0 Å². The van der Waals surface area contributed by atoms with Gasteiger partial charge in [0.05, 0.1) is 28.5 Å². The minimum absolute atomic E-state index is 0.0359. The zero-order valence-electron chi connectivity index (χ0n) is 16.4. The lowest BCUT2D eigenvalue weighted by atomic mass is 9.53. The first kappa shape index (κ1) is 19.3. The summed E-state index contributed by atoms with van der Waals surface area (Å²) in [6, 6.07) is 4.13. The van der Waals surface area contributed by atoms with Crippen LogP contribution in [0.3, 0.4) is 0 Å². The van der Waals surface area contributed by atoms with E-state index in [9.17, 15) is 20.1 Å². The van der Waals surface area contributed by atoms with Crippen LogP contribution in [0, 0.1) is 51.7 Å². The zero-order chi connectivity index (χ0) is 20.1. The van der Waals surface area contributed by atoms with Gasteiger partial charge in [-0.2, -0.15) is 10.5 Å². The Morgan fingerprint density at radius 1 is 1.18 bits per heavy atom. The summed E-state index contributed by atoms with van der Waals surface area (Å²) in [5, 5.41) is 25.3. The maximum absolute atomic E-state index is 12.7. The van der Waals surface area contributed by atoms with Crippen LogP contribution in [-0.4, -0.2) is 23.1 Å². The van der Waals surface area contributed by atoms with Gasteiger partial charge in [-0.15, -0.1) is 0 Å². The topological polar surface area (TPSA) is 106 Å². The standard InChI is InChI=1S/C21H26N4O2S/c1-20(2)15(9-22)18(27)24-19(16(20)10-23)28-11-17(26)25-21-6-12-3-13(7-21)5-14(4-12)8-21/h12-15H,3-8,11H2,1-2H3,(H,24,27)(H,25,26)/t12?,13?,14?,15-,21?/m0/s1. The number of allylic oxidation sites excluding steroid dienone is 1. The van der Waals surface area contributed by atoms with E-state index < -0.39 is 17.2 Å². The molecule has 0 aromatic rings. The molecule has 0 spiro atoms. The highest BCUT2D eigenvalue weighted by molar-refractivity contribution is 8.03. The summed E-state index contributed by atoms with van der Waals surface area (Å²) in [7, 11) is 0. The van der Waals surface area contributed by atoms with Crippen LogP contribution < -0.4 is 10.6 Å². The van der Waals surface area contributed by atoms with Crippen LogP contribution in [0.25, 0.3) is 0 Å². The third-order valence-corrected chi connectivity index (χ3v) is 8.12. The Morgan fingerprint density at radius 3 is 2.25 bits per heavy atom. The van der Waals surface area contributed by atoms with Crippen molar-refractivity contribution in [2.24, 2.45) is 29.1 Å². The second kappa shape index (κ2) is 6.81. The number of nitrogens with one attached hydrogen (secondary N) is 2. The predicted molar refractivity (Wildman–Crippen MR) is 105 cm³/mol. The number of hydrogen-bond acceptors (Lipinski definition) is 5. The fourth-order valence-corrected chi connectivity index (χ4v) is 7.24. The normalized spacial score (nSPS) is 37.8. The first-order chi connectivity index (χ1) is 13.3. The Balaban J connectivity index is 1.43. The van der Waals surface area contributed by atoms with E-state index in [4.69, 9.17) is 0 Å². The molecular formula is C21H26N4O2S. The largest absolute Gasteiger partial charge is 0.350 e. The number of amides is 2. The molecule has 4 aliphatic carbocycles. The van der Waals surface area contributed by atoms with E-state index in [1.807, 2.05) is 6.07 Å². The molecule has 0 unspecified atom stereocenters. The molecule has 6 nitrogen and oxygen atoms in total. The van der Waals surface area contributed by atoms with Crippen LogP contribution in [0.15, 0.2) is 10.6 Å². The monoisotopic (exact) mass is 398 g/mol. The maximum Gasteiger partial charge on any atom is 0.243 e. The highest BCUT2D eigenvalue weighted by Gasteiger charge is 2.51. The van der Waals surface area contributed by atoms with Crippen molar-refractivity contribution in [1.82, 2.24) is 10.6 Å². The summed E-state index contributed by atoms with van der Waals surface area (Å²) in [5.74, 6) is 1.08. The Morgan fingerprint density at radius 2 is 1.75 bits per heavy atom. The molecule has 148 valence electrons. The van der Waals surface area contributed by atoms with Crippen molar-refractivity contribution >= 4 is 23.6 Å². The van der Waals surface area contributed by atoms with Crippen LogP contribution in [0.1, 0.15) is 52.4 Å². The second-order valence-corrected chi connectivity index (χ2v) is 10.6. The van der Waals surface area contributed by atoms with Crippen molar-refractivity contribution in [2.75, 3.05) is 5.75 Å². The lowest BCUT2D eigenvalue weighted by Gasteiger charge is -2.56. The van der Waals surface area contributed by atoms with E-state index in [1.165, 1.54) is 31.0 Å². The van der Waals surface area contributed by atoms with Gasteiger partial charge in [0.2, 0.25) is 11.8 Å².